The SMILES string of the molecule is C#CCNS(=O)(=O)c1ccc(C(=O)NOC)cc1. The number of hydroxylamine groups is 1. The zero-order valence-corrected chi connectivity index (χ0v) is 10.5. The molecule has 0 heterocycles. The molecular weight excluding hydrogens is 256 g/mol. The molecule has 6 nitrogen and oxygen atoms in total. The number of nitrogens with one attached hydrogen (secondary N) is 2. The summed E-state index contributed by atoms with van der Waals surface area (Å²) < 4.78 is 25.5. The molecule has 0 saturated heterocycles. The van der Waals surface area contributed by atoms with Gasteiger partial charge in [-0.1, -0.05) is 5.92 Å². The summed E-state index contributed by atoms with van der Waals surface area (Å²) >= 11 is 0. The zero-order chi connectivity index (χ0) is 13.6. The van der Waals surface area contributed by atoms with Crippen molar-refractivity contribution in [2.45, 2.75) is 4.90 Å². The summed E-state index contributed by atoms with van der Waals surface area (Å²) in [4.78, 5) is 15.8. The van der Waals surface area contributed by atoms with Gasteiger partial charge >= 0.3 is 0 Å². The van der Waals surface area contributed by atoms with Gasteiger partial charge in [0.15, 0.2) is 0 Å². The molecule has 2 N–H and O–H groups in total. The van der Waals surface area contributed by atoms with E-state index in [0.29, 0.717) is 0 Å². The number of rotatable bonds is 5. The van der Waals surface area contributed by atoms with E-state index < -0.39 is 15.9 Å². The van der Waals surface area contributed by atoms with Crippen molar-refractivity contribution in [2.24, 2.45) is 0 Å². The minimum absolute atomic E-state index is 0.0340. The topological polar surface area (TPSA) is 84.5 Å². The van der Waals surface area contributed by atoms with Crippen molar-refractivity contribution in [2.75, 3.05) is 13.7 Å². The van der Waals surface area contributed by atoms with Gasteiger partial charge in [0.1, 0.15) is 0 Å². The van der Waals surface area contributed by atoms with Crippen molar-refractivity contribution in [3.8, 4) is 12.3 Å². The number of carbonyl (C=O) groups excluding carboxylic acids is 1. The van der Waals surface area contributed by atoms with Crippen LogP contribution in [0.4, 0.5) is 0 Å². The lowest BCUT2D eigenvalue weighted by Crippen LogP contribution is -2.24. The summed E-state index contributed by atoms with van der Waals surface area (Å²) in [5.74, 6) is 1.71. The van der Waals surface area contributed by atoms with E-state index in [1.165, 1.54) is 31.4 Å². The van der Waals surface area contributed by atoms with Gasteiger partial charge in [-0.15, -0.1) is 6.42 Å². The van der Waals surface area contributed by atoms with Crippen LogP contribution in [0.5, 0.6) is 0 Å². The maximum absolute atomic E-state index is 11.7. The Bertz CT molecular complexity index is 558. The summed E-state index contributed by atoms with van der Waals surface area (Å²) in [7, 11) is -2.33. The molecule has 0 aliphatic carbocycles. The second-order valence-corrected chi connectivity index (χ2v) is 4.96. The van der Waals surface area contributed by atoms with E-state index in [0.717, 1.165) is 0 Å². The lowest BCUT2D eigenvalue weighted by atomic mass is 10.2. The maximum Gasteiger partial charge on any atom is 0.274 e. The van der Waals surface area contributed by atoms with E-state index in [2.05, 4.69) is 21.0 Å². The number of terminal acetylenes is 1. The number of amides is 1. The zero-order valence-electron chi connectivity index (χ0n) is 9.64. The smallest absolute Gasteiger partial charge is 0.274 e. The van der Waals surface area contributed by atoms with Gasteiger partial charge in [0, 0.05) is 5.56 Å². The Morgan fingerprint density at radius 1 is 1.39 bits per heavy atom. The van der Waals surface area contributed by atoms with Crippen LogP contribution in [0.3, 0.4) is 0 Å². The van der Waals surface area contributed by atoms with E-state index in [9.17, 15) is 13.2 Å². The first-order valence-corrected chi connectivity index (χ1v) is 6.36. The van der Waals surface area contributed by atoms with E-state index >= 15 is 0 Å². The van der Waals surface area contributed by atoms with Crippen molar-refractivity contribution >= 4 is 15.9 Å². The van der Waals surface area contributed by atoms with E-state index in [4.69, 9.17) is 6.42 Å². The maximum atomic E-state index is 11.7. The summed E-state index contributed by atoms with van der Waals surface area (Å²) in [5, 5.41) is 0. The molecule has 1 amide bonds. The van der Waals surface area contributed by atoms with Crippen molar-refractivity contribution in [3.63, 3.8) is 0 Å². The quantitative estimate of drug-likeness (QED) is 0.576. The molecule has 1 aromatic carbocycles. The van der Waals surface area contributed by atoms with Gasteiger partial charge in [-0.05, 0) is 24.3 Å². The fraction of sp³-hybridized carbons (Fsp3) is 0.182. The van der Waals surface area contributed by atoms with Crippen LogP contribution >= 0.6 is 0 Å². The summed E-state index contributed by atoms with van der Waals surface area (Å²) in [6, 6.07) is 5.37. The van der Waals surface area contributed by atoms with Crippen LogP contribution in [0.25, 0.3) is 0 Å². The number of hydrogen-bond donors (Lipinski definition) is 2. The first-order chi connectivity index (χ1) is 8.51. The lowest BCUT2D eigenvalue weighted by molar-refractivity contribution is 0.0537. The van der Waals surface area contributed by atoms with Gasteiger partial charge in [0.2, 0.25) is 10.0 Å². The molecule has 0 aliphatic rings. The van der Waals surface area contributed by atoms with Gasteiger partial charge in [-0.2, -0.15) is 4.72 Å². The molecule has 0 unspecified atom stereocenters. The number of hydrogen-bond acceptors (Lipinski definition) is 4. The Kier molecular flexibility index (Phi) is 4.85. The predicted octanol–water partition coefficient (Wildman–Crippen LogP) is -0.111. The molecule has 0 radical (unpaired) electrons. The van der Waals surface area contributed by atoms with Gasteiger partial charge in [-0.3, -0.25) is 9.63 Å². The van der Waals surface area contributed by atoms with Crippen LogP contribution in [0.15, 0.2) is 29.2 Å². The normalized spacial score (nSPS) is 10.7. The third kappa shape index (κ3) is 3.56. The molecule has 18 heavy (non-hydrogen) atoms. The molecule has 96 valence electrons. The Balaban J connectivity index is 2.90. The largest absolute Gasteiger partial charge is 0.277 e. The van der Waals surface area contributed by atoms with Crippen molar-refractivity contribution < 1.29 is 18.0 Å². The second-order valence-electron chi connectivity index (χ2n) is 3.19. The van der Waals surface area contributed by atoms with Crippen LogP contribution < -0.4 is 10.2 Å². The molecule has 0 aromatic heterocycles. The molecule has 0 atom stereocenters. The number of carbonyl (C=O) groups is 1. The molecule has 0 spiro atoms. The summed E-state index contributed by atoms with van der Waals surface area (Å²) in [6.07, 6.45) is 4.97. The molecule has 0 saturated carbocycles. The molecular formula is C11H12N2O4S. The third-order valence-corrected chi connectivity index (χ3v) is 3.40. The predicted molar refractivity (Wildman–Crippen MR) is 64.9 cm³/mol. The summed E-state index contributed by atoms with van der Waals surface area (Å²) in [5.41, 5.74) is 2.41. The second kappa shape index (κ2) is 6.16. The van der Waals surface area contributed by atoms with Gasteiger partial charge in [-0.25, -0.2) is 13.9 Å². The van der Waals surface area contributed by atoms with E-state index in [1.807, 2.05) is 0 Å². The highest BCUT2D eigenvalue weighted by molar-refractivity contribution is 7.89. The summed E-state index contributed by atoms with van der Waals surface area (Å²) in [6.45, 7) is -0.0890. The Morgan fingerprint density at radius 2 is 2.00 bits per heavy atom. The minimum atomic E-state index is -3.63. The molecule has 0 fully saturated rings. The molecule has 1 aromatic rings. The van der Waals surface area contributed by atoms with Gasteiger partial charge in [0.25, 0.3) is 5.91 Å². The Labute approximate surface area is 105 Å². The lowest BCUT2D eigenvalue weighted by Gasteiger charge is -2.05. The van der Waals surface area contributed by atoms with Crippen LogP contribution in [-0.4, -0.2) is 28.0 Å². The van der Waals surface area contributed by atoms with Crippen LogP contribution in [0, 0.1) is 12.3 Å². The highest BCUT2D eigenvalue weighted by Crippen LogP contribution is 2.10. The van der Waals surface area contributed by atoms with Crippen LogP contribution in [0.2, 0.25) is 0 Å². The fourth-order valence-corrected chi connectivity index (χ4v) is 2.09. The van der Waals surface area contributed by atoms with Crippen molar-refractivity contribution in [1.29, 1.82) is 0 Å². The average Bonchev–Trinajstić information content (AvgIpc) is 2.37. The molecule has 0 aliphatic heterocycles. The van der Waals surface area contributed by atoms with Gasteiger partial charge < -0.3 is 0 Å². The molecule has 1 rings (SSSR count). The molecule has 0 bridgehead atoms. The van der Waals surface area contributed by atoms with Crippen molar-refractivity contribution in [1.82, 2.24) is 10.2 Å². The highest BCUT2D eigenvalue weighted by atomic mass is 32.2. The van der Waals surface area contributed by atoms with Crippen LogP contribution in [-0.2, 0) is 14.9 Å². The number of benzene rings is 1. The van der Waals surface area contributed by atoms with Crippen molar-refractivity contribution in [3.05, 3.63) is 29.8 Å². The van der Waals surface area contributed by atoms with Gasteiger partial charge in [0.05, 0.1) is 18.6 Å². The third-order valence-electron chi connectivity index (χ3n) is 1.99. The first kappa shape index (κ1) is 14.2. The Morgan fingerprint density at radius 3 is 2.50 bits per heavy atom. The first-order valence-electron chi connectivity index (χ1n) is 4.88. The molecule has 7 heteroatoms. The van der Waals surface area contributed by atoms with Crippen LogP contribution in [0.1, 0.15) is 10.4 Å². The Hall–Kier alpha value is -1.88. The average molecular weight is 268 g/mol. The monoisotopic (exact) mass is 268 g/mol. The minimum Gasteiger partial charge on any atom is -0.277 e. The van der Waals surface area contributed by atoms with E-state index in [1.54, 1.807) is 0 Å². The number of sulfonamides is 1. The van der Waals surface area contributed by atoms with E-state index in [-0.39, 0.29) is 17.0 Å². The standard InChI is InChI=1S/C11H12N2O4S/c1-3-8-12-18(15,16)10-6-4-9(5-7-10)11(14)13-17-2/h1,4-7,12H,8H2,2H3,(H,13,14). The fourth-order valence-electron chi connectivity index (χ4n) is 1.16. The highest BCUT2D eigenvalue weighted by Gasteiger charge is 2.13.